The quantitative estimate of drug-likeness (QED) is 0.887. The van der Waals surface area contributed by atoms with Crippen molar-refractivity contribution in [1.29, 1.82) is 0 Å². The van der Waals surface area contributed by atoms with Crippen molar-refractivity contribution in [3.8, 4) is 17.2 Å². The Hall–Kier alpha value is -3.09. The van der Waals surface area contributed by atoms with Gasteiger partial charge in [0, 0.05) is 29.7 Å². The van der Waals surface area contributed by atoms with Crippen molar-refractivity contribution >= 4 is 17.6 Å². The van der Waals surface area contributed by atoms with E-state index in [1.165, 1.54) is 0 Å². The fraction of sp³-hybridized carbons (Fsp3) is 0.278. The summed E-state index contributed by atoms with van der Waals surface area (Å²) in [5, 5.41) is 2.76. The fourth-order valence-corrected chi connectivity index (χ4v) is 3.72. The van der Waals surface area contributed by atoms with Crippen molar-refractivity contribution in [2.45, 2.75) is 24.9 Å². The zero-order chi connectivity index (χ0) is 17.1. The molecular formula is C18H15N3O4. The summed E-state index contributed by atoms with van der Waals surface area (Å²) in [5.41, 5.74) is 7.25. The van der Waals surface area contributed by atoms with Gasteiger partial charge in [0.1, 0.15) is 29.2 Å². The Bertz CT molecular complexity index is 927. The molecule has 5 rings (SSSR count). The Morgan fingerprint density at radius 1 is 1.32 bits per heavy atom. The number of amides is 2. The number of carbonyl (C=O) groups excluding carboxylic acids is 2. The molecule has 2 aliphatic heterocycles. The summed E-state index contributed by atoms with van der Waals surface area (Å²) in [6.45, 7) is 0. The van der Waals surface area contributed by atoms with Gasteiger partial charge in [-0.25, -0.2) is 4.98 Å². The van der Waals surface area contributed by atoms with Gasteiger partial charge in [0.25, 0.3) is 0 Å². The Morgan fingerprint density at radius 3 is 3.04 bits per heavy atom. The number of carbonyl (C=O) groups is 2. The number of aromatic nitrogens is 1. The van der Waals surface area contributed by atoms with Crippen molar-refractivity contribution < 1.29 is 19.1 Å². The summed E-state index contributed by atoms with van der Waals surface area (Å²) in [5.74, 6) is 2.08. The van der Waals surface area contributed by atoms with E-state index in [0.717, 1.165) is 16.9 Å². The van der Waals surface area contributed by atoms with Crippen molar-refractivity contribution in [3.63, 3.8) is 0 Å². The Morgan fingerprint density at radius 2 is 2.20 bits per heavy atom. The zero-order valence-electron chi connectivity index (χ0n) is 13.2. The minimum absolute atomic E-state index is 0.0293. The summed E-state index contributed by atoms with van der Waals surface area (Å²) in [4.78, 5) is 27.1. The number of nitrogens with zero attached hydrogens (tertiary/aromatic N) is 1. The molecule has 25 heavy (non-hydrogen) atoms. The van der Waals surface area contributed by atoms with Crippen LogP contribution in [0.15, 0.2) is 30.5 Å². The van der Waals surface area contributed by atoms with Crippen molar-refractivity contribution in [1.82, 2.24) is 4.98 Å². The van der Waals surface area contributed by atoms with E-state index in [4.69, 9.17) is 15.2 Å². The van der Waals surface area contributed by atoms with E-state index in [1.54, 1.807) is 12.3 Å². The normalized spacial score (nSPS) is 25.1. The number of hydrogen-bond donors (Lipinski definition) is 2. The average molecular weight is 337 g/mol. The Balaban J connectivity index is 1.44. The van der Waals surface area contributed by atoms with Crippen LogP contribution in [0.1, 0.15) is 23.5 Å². The van der Waals surface area contributed by atoms with Gasteiger partial charge in [0.2, 0.25) is 11.8 Å². The highest BCUT2D eigenvalue weighted by Gasteiger charge is 2.62. The molecule has 1 aromatic carbocycles. The standard InChI is InChI=1S/C18H15N3O4/c19-17(23)15-14-10-7-8(1-3-11(10)25-16(14)15)24-12-5-6-20-18-9(12)2-4-13(22)21-18/h1,3,5-7,14-16H,2,4H2,(H2,19,23)(H,20,21,22)/t14-,15-,16-/m0/s1. The summed E-state index contributed by atoms with van der Waals surface area (Å²) < 4.78 is 11.8. The van der Waals surface area contributed by atoms with Gasteiger partial charge in [-0.1, -0.05) is 0 Å². The van der Waals surface area contributed by atoms with Crippen LogP contribution in [-0.2, 0) is 16.0 Å². The molecule has 3 aliphatic rings. The molecule has 7 heteroatoms. The SMILES string of the molecule is NC(=O)[C@@H]1[C@H]2Oc3ccc(Oc4ccnc5c4CCC(=O)N5)cc3[C@H]21. The van der Waals surface area contributed by atoms with Gasteiger partial charge in [-0.3, -0.25) is 9.59 Å². The number of nitrogens with two attached hydrogens (primary N) is 1. The number of ether oxygens (including phenoxy) is 2. The largest absolute Gasteiger partial charge is 0.489 e. The highest BCUT2D eigenvalue weighted by molar-refractivity contribution is 5.93. The molecule has 3 atom stereocenters. The van der Waals surface area contributed by atoms with Crippen LogP contribution in [0.2, 0.25) is 0 Å². The van der Waals surface area contributed by atoms with Gasteiger partial charge in [-0.05, 0) is 30.7 Å². The van der Waals surface area contributed by atoms with E-state index in [1.807, 2.05) is 18.2 Å². The van der Waals surface area contributed by atoms with Crippen molar-refractivity contribution in [3.05, 3.63) is 41.6 Å². The second kappa shape index (κ2) is 4.95. The van der Waals surface area contributed by atoms with E-state index in [9.17, 15) is 9.59 Å². The van der Waals surface area contributed by atoms with E-state index in [2.05, 4.69) is 10.3 Å². The summed E-state index contributed by atoms with van der Waals surface area (Å²) in [6.07, 6.45) is 2.48. The monoisotopic (exact) mass is 337 g/mol. The highest BCUT2D eigenvalue weighted by Crippen LogP contribution is 2.58. The number of anilines is 1. The molecule has 1 fully saturated rings. The van der Waals surface area contributed by atoms with Crippen LogP contribution in [0, 0.1) is 5.92 Å². The van der Waals surface area contributed by atoms with Gasteiger partial charge >= 0.3 is 0 Å². The fourth-order valence-electron chi connectivity index (χ4n) is 3.72. The second-order valence-electron chi connectivity index (χ2n) is 6.52. The molecule has 3 heterocycles. The number of nitrogens with one attached hydrogen (secondary N) is 1. The van der Waals surface area contributed by atoms with Crippen molar-refractivity contribution in [2.75, 3.05) is 5.32 Å². The Kier molecular flexibility index (Phi) is 2.83. The molecule has 7 nitrogen and oxygen atoms in total. The lowest BCUT2D eigenvalue weighted by molar-refractivity contribution is -0.120. The first-order valence-electron chi connectivity index (χ1n) is 8.17. The molecule has 0 radical (unpaired) electrons. The molecule has 1 saturated carbocycles. The molecule has 3 N–H and O–H groups in total. The molecule has 0 saturated heterocycles. The lowest BCUT2D eigenvalue weighted by Crippen LogP contribution is -2.20. The molecule has 1 aliphatic carbocycles. The maximum atomic E-state index is 11.5. The average Bonchev–Trinajstić information content (AvgIpc) is 3.19. The first-order chi connectivity index (χ1) is 12.1. The van der Waals surface area contributed by atoms with Crippen LogP contribution < -0.4 is 20.5 Å². The molecule has 0 unspecified atom stereocenters. The van der Waals surface area contributed by atoms with Crippen LogP contribution >= 0.6 is 0 Å². The third-order valence-electron chi connectivity index (χ3n) is 4.99. The predicted octanol–water partition coefficient (Wildman–Crippen LogP) is 1.72. The molecule has 1 aromatic heterocycles. The smallest absolute Gasteiger partial charge is 0.225 e. The molecule has 2 amide bonds. The predicted molar refractivity (Wildman–Crippen MR) is 87.5 cm³/mol. The Labute approximate surface area is 143 Å². The molecule has 0 spiro atoms. The summed E-state index contributed by atoms with van der Waals surface area (Å²) >= 11 is 0. The number of hydrogen-bond acceptors (Lipinski definition) is 5. The first-order valence-corrected chi connectivity index (χ1v) is 8.17. The third kappa shape index (κ3) is 2.15. The van der Waals surface area contributed by atoms with Crippen LogP contribution in [0.4, 0.5) is 5.82 Å². The van der Waals surface area contributed by atoms with Crippen LogP contribution in [-0.4, -0.2) is 22.9 Å². The van der Waals surface area contributed by atoms with Crippen molar-refractivity contribution in [2.24, 2.45) is 11.7 Å². The number of pyridine rings is 1. The summed E-state index contributed by atoms with van der Waals surface area (Å²) in [7, 11) is 0. The third-order valence-corrected chi connectivity index (χ3v) is 4.99. The van der Waals surface area contributed by atoms with E-state index in [-0.39, 0.29) is 29.8 Å². The maximum Gasteiger partial charge on any atom is 0.225 e. The summed E-state index contributed by atoms with van der Waals surface area (Å²) in [6, 6.07) is 7.37. The topological polar surface area (TPSA) is 104 Å². The van der Waals surface area contributed by atoms with Gasteiger partial charge in [0.05, 0.1) is 5.92 Å². The lowest BCUT2D eigenvalue weighted by Gasteiger charge is -2.19. The molecule has 0 bridgehead atoms. The first kappa shape index (κ1) is 14.3. The number of benzene rings is 1. The maximum absolute atomic E-state index is 11.5. The van der Waals surface area contributed by atoms with E-state index >= 15 is 0 Å². The number of primary amides is 1. The second-order valence-corrected chi connectivity index (χ2v) is 6.52. The molecule has 126 valence electrons. The van der Waals surface area contributed by atoms with Crippen LogP contribution in [0.5, 0.6) is 17.2 Å². The van der Waals surface area contributed by atoms with Crippen LogP contribution in [0.3, 0.4) is 0 Å². The van der Waals surface area contributed by atoms with Crippen LogP contribution in [0.25, 0.3) is 0 Å². The van der Waals surface area contributed by atoms with E-state index in [0.29, 0.717) is 30.2 Å². The van der Waals surface area contributed by atoms with Gasteiger partial charge in [-0.2, -0.15) is 0 Å². The molecular weight excluding hydrogens is 322 g/mol. The van der Waals surface area contributed by atoms with Gasteiger partial charge in [-0.15, -0.1) is 0 Å². The highest BCUT2D eigenvalue weighted by atomic mass is 16.5. The molecule has 2 aromatic rings. The van der Waals surface area contributed by atoms with Gasteiger partial charge < -0.3 is 20.5 Å². The van der Waals surface area contributed by atoms with E-state index < -0.39 is 0 Å². The number of fused-ring (bicyclic) bond motifs is 4. The zero-order valence-corrected chi connectivity index (χ0v) is 13.2. The minimum Gasteiger partial charge on any atom is -0.489 e. The number of rotatable bonds is 3. The van der Waals surface area contributed by atoms with Gasteiger partial charge in [0.15, 0.2) is 0 Å². The lowest BCUT2D eigenvalue weighted by atomic mass is 10.1. The minimum atomic E-state index is -0.328.